The summed E-state index contributed by atoms with van der Waals surface area (Å²) in [6, 6.07) is 3.56. The van der Waals surface area contributed by atoms with Crippen LogP contribution in [0, 0.1) is 5.92 Å². The highest BCUT2D eigenvalue weighted by Crippen LogP contribution is 2.35. The molecule has 0 amide bonds. The number of benzene rings is 1. The van der Waals surface area contributed by atoms with E-state index in [2.05, 4.69) is 0 Å². The van der Waals surface area contributed by atoms with Gasteiger partial charge in [0, 0.05) is 12.1 Å². The van der Waals surface area contributed by atoms with E-state index in [1.165, 1.54) is 51.9 Å². The molecule has 1 saturated carbocycles. The summed E-state index contributed by atoms with van der Waals surface area (Å²) < 4.78 is 16.7. The van der Waals surface area contributed by atoms with Gasteiger partial charge in [-0.25, -0.2) is 0 Å². The van der Waals surface area contributed by atoms with E-state index in [0.29, 0.717) is 35.3 Å². The molecular weight excluding hydrogens is 292 g/mol. The van der Waals surface area contributed by atoms with Gasteiger partial charge in [0.2, 0.25) is 0 Å². The summed E-state index contributed by atoms with van der Waals surface area (Å²) in [6.45, 7) is 2.22. The lowest BCUT2D eigenvalue weighted by molar-refractivity contribution is 0.101. The maximum atomic E-state index is 11.8. The molecule has 0 bridgehead atoms. The molecule has 0 aromatic heterocycles. The minimum Gasteiger partial charge on any atom is -0.496 e. The fourth-order valence-corrected chi connectivity index (χ4v) is 3.24. The third-order valence-corrected chi connectivity index (χ3v) is 4.54. The number of ketones is 1. The number of carbonyl (C=O) groups excluding carboxylic acids is 1. The predicted molar refractivity (Wildman–Crippen MR) is 90.9 cm³/mol. The highest BCUT2D eigenvalue weighted by atomic mass is 16.5. The maximum absolute atomic E-state index is 11.8. The Balaban J connectivity index is 2.08. The molecule has 0 spiro atoms. The molecule has 1 aromatic rings. The van der Waals surface area contributed by atoms with Crippen molar-refractivity contribution in [3.8, 4) is 17.2 Å². The molecule has 1 aliphatic rings. The number of hydrogen-bond donors (Lipinski definition) is 0. The van der Waals surface area contributed by atoms with Gasteiger partial charge < -0.3 is 14.2 Å². The molecule has 0 saturated heterocycles. The topological polar surface area (TPSA) is 44.8 Å². The van der Waals surface area contributed by atoms with E-state index in [0.717, 1.165) is 0 Å². The van der Waals surface area contributed by atoms with Crippen molar-refractivity contribution in [1.29, 1.82) is 0 Å². The summed E-state index contributed by atoms with van der Waals surface area (Å²) in [5.74, 6) is 2.24. The summed E-state index contributed by atoms with van der Waals surface area (Å²) in [5, 5.41) is 0. The Labute approximate surface area is 139 Å². The zero-order valence-corrected chi connectivity index (χ0v) is 14.5. The average molecular weight is 320 g/mol. The Morgan fingerprint density at radius 1 is 1.00 bits per heavy atom. The maximum Gasteiger partial charge on any atom is 0.167 e. The van der Waals surface area contributed by atoms with E-state index in [1.807, 2.05) is 0 Å². The molecule has 4 nitrogen and oxygen atoms in total. The summed E-state index contributed by atoms with van der Waals surface area (Å²) in [7, 11) is 3.11. The lowest BCUT2D eigenvalue weighted by Crippen LogP contribution is -2.14. The predicted octanol–water partition coefficient (Wildman–Crippen LogP) is 4.65. The van der Waals surface area contributed by atoms with Crippen LogP contribution in [-0.2, 0) is 0 Å². The molecule has 0 unspecified atom stereocenters. The number of hydrogen-bond acceptors (Lipinski definition) is 4. The van der Waals surface area contributed by atoms with Crippen molar-refractivity contribution in [2.45, 2.75) is 51.9 Å². The summed E-state index contributed by atoms with van der Waals surface area (Å²) in [6.07, 6.45) is 9.11. The fraction of sp³-hybridized carbons (Fsp3) is 0.632. The van der Waals surface area contributed by atoms with E-state index in [9.17, 15) is 4.79 Å². The standard InChI is InChI=1S/C19H28O4/c1-14(20)19-17(21-2)11-16(12-18(19)22-3)23-13-15-9-7-5-4-6-8-10-15/h11-12,15H,4-10,13H2,1-3H3. The van der Waals surface area contributed by atoms with Crippen LogP contribution >= 0.6 is 0 Å². The van der Waals surface area contributed by atoms with Gasteiger partial charge in [0.1, 0.15) is 22.8 Å². The molecule has 0 aliphatic heterocycles. The van der Waals surface area contributed by atoms with Gasteiger partial charge in [-0.3, -0.25) is 4.79 Å². The third-order valence-electron chi connectivity index (χ3n) is 4.54. The molecule has 23 heavy (non-hydrogen) atoms. The van der Waals surface area contributed by atoms with Gasteiger partial charge in [0.15, 0.2) is 5.78 Å². The zero-order chi connectivity index (χ0) is 16.7. The van der Waals surface area contributed by atoms with Crippen molar-refractivity contribution in [3.63, 3.8) is 0 Å². The normalized spacial score (nSPS) is 16.3. The summed E-state index contributed by atoms with van der Waals surface area (Å²) >= 11 is 0. The Bertz CT molecular complexity index is 491. The van der Waals surface area contributed by atoms with Crippen LogP contribution in [0.4, 0.5) is 0 Å². The van der Waals surface area contributed by atoms with Crippen LogP contribution < -0.4 is 14.2 Å². The molecule has 0 N–H and O–H groups in total. The number of ether oxygens (including phenoxy) is 3. The van der Waals surface area contributed by atoms with E-state index >= 15 is 0 Å². The monoisotopic (exact) mass is 320 g/mol. The van der Waals surface area contributed by atoms with Crippen LogP contribution in [0.5, 0.6) is 17.2 Å². The second-order valence-electron chi connectivity index (χ2n) is 6.28. The molecule has 1 fully saturated rings. The first-order valence-electron chi connectivity index (χ1n) is 8.55. The molecule has 1 aromatic carbocycles. The third kappa shape index (κ3) is 4.88. The van der Waals surface area contributed by atoms with Gasteiger partial charge in [-0.05, 0) is 25.7 Å². The Morgan fingerprint density at radius 2 is 1.52 bits per heavy atom. The van der Waals surface area contributed by atoms with Gasteiger partial charge in [0.05, 0.1) is 20.8 Å². The first kappa shape index (κ1) is 17.6. The van der Waals surface area contributed by atoms with E-state index in [1.54, 1.807) is 26.4 Å². The Morgan fingerprint density at radius 3 is 2.00 bits per heavy atom. The quantitative estimate of drug-likeness (QED) is 0.716. The molecule has 4 heteroatoms. The van der Waals surface area contributed by atoms with Gasteiger partial charge in [-0.2, -0.15) is 0 Å². The molecule has 0 heterocycles. The number of carbonyl (C=O) groups is 1. The van der Waals surface area contributed by atoms with Crippen molar-refractivity contribution >= 4 is 5.78 Å². The number of rotatable bonds is 6. The zero-order valence-electron chi connectivity index (χ0n) is 14.5. The van der Waals surface area contributed by atoms with Crippen molar-refractivity contribution in [3.05, 3.63) is 17.7 Å². The van der Waals surface area contributed by atoms with Gasteiger partial charge in [-0.1, -0.05) is 32.1 Å². The van der Waals surface area contributed by atoms with Crippen LogP contribution in [0.2, 0.25) is 0 Å². The second kappa shape index (κ2) is 8.80. The second-order valence-corrected chi connectivity index (χ2v) is 6.28. The van der Waals surface area contributed by atoms with Crippen molar-refractivity contribution in [2.75, 3.05) is 20.8 Å². The lowest BCUT2D eigenvalue weighted by atomic mass is 9.92. The SMILES string of the molecule is COc1cc(OCC2CCCCCCC2)cc(OC)c1C(C)=O. The number of methoxy groups -OCH3 is 2. The Kier molecular flexibility index (Phi) is 6.75. The highest BCUT2D eigenvalue weighted by molar-refractivity contribution is 6.00. The molecule has 1 aliphatic carbocycles. The van der Waals surface area contributed by atoms with Crippen molar-refractivity contribution < 1.29 is 19.0 Å². The van der Waals surface area contributed by atoms with Crippen molar-refractivity contribution in [2.24, 2.45) is 5.92 Å². The van der Waals surface area contributed by atoms with Gasteiger partial charge in [-0.15, -0.1) is 0 Å². The lowest BCUT2D eigenvalue weighted by Gasteiger charge is -2.21. The summed E-state index contributed by atoms with van der Waals surface area (Å²) in [4.78, 5) is 11.8. The first-order valence-corrected chi connectivity index (χ1v) is 8.55. The molecule has 0 atom stereocenters. The van der Waals surface area contributed by atoms with E-state index < -0.39 is 0 Å². The molecule has 128 valence electrons. The van der Waals surface area contributed by atoms with Crippen LogP contribution in [0.15, 0.2) is 12.1 Å². The van der Waals surface area contributed by atoms with Crippen LogP contribution in [-0.4, -0.2) is 26.6 Å². The minimum absolute atomic E-state index is 0.0785. The van der Waals surface area contributed by atoms with Crippen LogP contribution in [0.1, 0.15) is 62.2 Å². The van der Waals surface area contributed by atoms with Crippen molar-refractivity contribution in [1.82, 2.24) is 0 Å². The average Bonchev–Trinajstić information content (AvgIpc) is 2.52. The molecule has 0 radical (unpaired) electrons. The first-order chi connectivity index (χ1) is 11.2. The summed E-state index contributed by atoms with van der Waals surface area (Å²) in [5.41, 5.74) is 0.466. The van der Waals surface area contributed by atoms with E-state index in [-0.39, 0.29) is 5.78 Å². The van der Waals surface area contributed by atoms with Crippen LogP contribution in [0.25, 0.3) is 0 Å². The molecule has 2 rings (SSSR count). The molecular formula is C19H28O4. The smallest absolute Gasteiger partial charge is 0.167 e. The minimum atomic E-state index is -0.0785. The van der Waals surface area contributed by atoms with E-state index in [4.69, 9.17) is 14.2 Å². The largest absolute Gasteiger partial charge is 0.496 e. The van der Waals surface area contributed by atoms with Gasteiger partial charge in [0.25, 0.3) is 0 Å². The number of Topliss-reactive ketones (excluding diaryl/α,β-unsaturated/α-hetero) is 1. The van der Waals surface area contributed by atoms with Crippen LogP contribution in [0.3, 0.4) is 0 Å². The highest BCUT2D eigenvalue weighted by Gasteiger charge is 2.18. The Hall–Kier alpha value is -1.71. The fourth-order valence-electron chi connectivity index (χ4n) is 3.24. The van der Waals surface area contributed by atoms with Gasteiger partial charge >= 0.3 is 0 Å².